The molecule has 214 valence electrons. The number of para-hydroxylation sites is 2. The molecule has 3 heterocycles. The van der Waals surface area contributed by atoms with E-state index in [0.29, 0.717) is 11.5 Å². The van der Waals surface area contributed by atoms with Gasteiger partial charge in [0.25, 0.3) is 0 Å². The molecular formula is C42H25N3O. The van der Waals surface area contributed by atoms with Crippen molar-refractivity contribution in [2.75, 3.05) is 0 Å². The van der Waals surface area contributed by atoms with Crippen molar-refractivity contribution in [2.24, 2.45) is 0 Å². The predicted molar refractivity (Wildman–Crippen MR) is 190 cm³/mol. The molecule has 10 rings (SSSR count). The second kappa shape index (κ2) is 9.62. The van der Waals surface area contributed by atoms with Crippen LogP contribution in [0.3, 0.4) is 0 Å². The summed E-state index contributed by atoms with van der Waals surface area (Å²) in [5, 5.41) is 8.91. The first-order valence-corrected chi connectivity index (χ1v) is 15.5. The number of furan rings is 1. The van der Waals surface area contributed by atoms with Gasteiger partial charge in [0.2, 0.25) is 5.71 Å². The van der Waals surface area contributed by atoms with E-state index in [1.54, 1.807) is 0 Å². The SMILES string of the molecule is c1ccc(-c2nc(-c3ccc4c(c3)c3ccccc3n4-c3ccccc3)c3c(n2)oc2c4ccccc4c4ccccc4c23)cc1. The van der Waals surface area contributed by atoms with Gasteiger partial charge in [0, 0.05) is 38.4 Å². The zero-order chi connectivity index (χ0) is 30.2. The largest absolute Gasteiger partial charge is 0.437 e. The third kappa shape index (κ3) is 3.55. The number of aromatic nitrogens is 3. The summed E-state index contributed by atoms with van der Waals surface area (Å²) in [7, 11) is 0. The van der Waals surface area contributed by atoms with E-state index in [1.165, 1.54) is 21.7 Å². The van der Waals surface area contributed by atoms with Crippen LogP contribution >= 0.6 is 0 Å². The average molecular weight is 588 g/mol. The van der Waals surface area contributed by atoms with Gasteiger partial charge in [-0.3, -0.25) is 0 Å². The maximum atomic E-state index is 6.76. The molecule has 0 aliphatic rings. The molecule has 0 bridgehead atoms. The Labute approximate surface area is 263 Å². The van der Waals surface area contributed by atoms with E-state index in [0.717, 1.165) is 60.5 Å². The fourth-order valence-corrected chi connectivity index (χ4v) is 7.20. The van der Waals surface area contributed by atoms with Crippen LogP contribution in [0.15, 0.2) is 156 Å². The topological polar surface area (TPSA) is 43.9 Å². The number of hydrogen-bond donors (Lipinski definition) is 0. The van der Waals surface area contributed by atoms with Crippen LogP contribution in [0, 0.1) is 0 Å². The van der Waals surface area contributed by atoms with E-state index in [4.69, 9.17) is 14.4 Å². The van der Waals surface area contributed by atoms with E-state index in [-0.39, 0.29) is 0 Å². The monoisotopic (exact) mass is 587 g/mol. The van der Waals surface area contributed by atoms with Crippen molar-refractivity contribution >= 4 is 65.4 Å². The van der Waals surface area contributed by atoms with E-state index in [2.05, 4.69) is 138 Å². The highest BCUT2D eigenvalue weighted by Gasteiger charge is 2.23. The molecule has 0 atom stereocenters. The smallest absolute Gasteiger partial charge is 0.231 e. The Hall–Kier alpha value is -6.26. The molecule has 4 nitrogen and oxygen atoms in total. The number of rotatable bonds is 3. The van der Waals surface area contributed by atoms with Gasteiger partial charge in [0.05, 0.1) is 22.1 Å². The first kappa shape index (κ1) is 25.1. The van der Waals surface area contributed by atoms with Crippen LogP contribution in [0.4, 0.5) is 0 Å². The van der Waals surface area contributed by atoms with Gasteiger partial charge in [-0.15, -0.1) is 0 Å². The van der Waals surface area contributed by atoms with Crippen LogP contribution in [0.25, 0.3) is 93.8 Å². The third-order valence-electron chi connectivity index (χ3n) is 9.20. The third-order valence-corrected chi connectivity index (χ3v) is 9.20. The Morgan fingerprint density at radius 2 is 1.04 bits per heavy atom. The number of fused-ring (bicyclic) bond motifs is 11. The van der Waals surface area contributed by atoms with Crippen LogP contribution < -0.4 is 0 Å². The zero-order valence-electron chi connectivity index (χ0n) is 24.7. The molecule has 0 aliphatic carbocycles. The molecule has 0 saturated heterocycles. The van der Waals surface area contributed by atoms with Crippen molar-refractivity contribution in [1.82, 2.24) is 14.5 Å². The fourth-order valence-electron chi connectivity index (χ4n) is 7.20. The van der Waals surface area contributed by atoms with Gasteiger partial charge in [-0.2, -0.15) is 4.98 Å². The summed E-state index contributed by atoms with van der Waals surface area (Å²) in [5.74, 6) is 0.641. The average Bonchev–Trinajstić information content (AvgIpc) is 3.68. The van der Waals surface area contributed by atoms with Gasteiger partial charge in [0.1, 0.15) is 5.58 Å². The van der Waals surface area contributed by atoms with Gasteiger partial charge in [-0.05, 0) is 46.5 Å². The fraction of sp³-hybridized carbons (Fsp3) is 0. The van der Waals surface area contributed by atoms with Gasteiger partial charge >= 0.3 is 0 Å². The minimum Gasteiger partial charge on any atom is -0.437 e. The first-order chi connectivity index (χ1) is 22.8. The Balaban J connectivity index is 1.36. The summed E-state index contributed by atoms with van der Waals surface area (Å²) in [4.78, 5) is 10.4. The van der Waals surface area contributed by atoms with Crippen molar-refractivity contribution in [1.29, 1.82) is 0 Å². The molecule has 0 saturated carbocycles. The predicted octanol–water partition coefficient (Wildman–Crippen LogP) is 11.1. The molecule has 0 aliphatic heterocycles. The highest BCUT2D eigenvalue weighted by Crippen LogP contribution is 2.44. The summed E-state index contributed by atoms with van der Waals surface area (Å²) in [6.07, 6.45) is 0. The van der Waals surface area contributed by atoms with Crippen molar-refractivity contribution in [3.8, 4) is 28.3 Å². The summed E-state index contributed by atoms with van der Waals surface area (Å²) in [5.41, 5.74) is 7.72. The van der Waals surface area contributed by atoms with E-state index < -0.39 is 0 Å². The Kier molecular flexibility index (Phi) is 5.25. The number of benzene rings is 7. The molecule has 0 spiro atoms. The van der Waals surface area contributed by atoms with Crippen molar-refractivity contribution in [2.45, 2.75) is 0 Å². The van der Waals surface area contributed by atoms with E-state index in [9.17, 15) is 0 Å². The van der Waals surface area contributed by atoms with Gasteiger partial charge in [0.15, 0.2) is 5.82 Å². The highest BCUT2D eigenvalue weighted by molar-refractivity contribution is 6.31. The van der Waals surface area contributed by atoms with Crippen LogP contribution in [-0.2, 0) is 0 Å². The lowest BCUT2D eigenvalue weighted by Crippen LogP contribution is -1.95. The maximum Gasteiger partial charge on any atom is 0.231 e. The van der Waals surface area contributed by atoms with Crippen LogP contribution in [0.5, 0.6) is 0 Å². The molecule has 0 fully saturated rings. The van der Waals surface area contributed by atoms with Crippen molar-refractivity contribution in [3.05, 3.63) is 152 Å². The molecule has 0 amide bonds. The first-order valence-electron chi connectivity index (χ1n) is 15.5. The van der Waals surface area contributed by atoms with Gasteiger partial charge < -0.3 is 8.98 Å². The molecule has 0 radical (unpaired) electrons. The van der Waals surface area contributed by atoms with Gasteiger partial charge in [-0.1, -0.05) is 121 Å². The molecule has 7 aromatic carbocycles. The van der Waals surface area contributed by atoms with Crippen molar-refractivity contribution in [3.63, 3.8) is 0 Å². The standard InChI is InChI=1S/C42H25N3O/c1-3-13-26(14-4-1)41-43-39(27-23-24-36-34(25-27)31-19-11-12-22-35(31)45(36)28-15-5-2-6-16-28)38-37-32-20-9-7-17-29(32)30-18-8-10-21-33(30)40(37)46-42(38)44-41/h1-25H. The van der Waals surface area contributed by atoms with Crippen molar-refractivity contribution < 1.29 is 4.42 Å². The molecule has 0 unspecified atom stereocenters. The normalized spacial score (nSPS) is 11.9. The molecule has 10 aromatic rings. The Morgan fingerprint density at radius 1 is 0.435 bits per heavy atom. The second-order valence-electron chi connectivity index (χ2n) is 11.8. The minimum absolute atomic E-state index is 0.590. The molecule has 46 heavy (non-hydrogen) atoms. The molecule has 4 heteroatoms. The summed E-state index contributed by atoms with van der Waals surface area (Å²) >= 11 is 0. The Morgan fingerprint density at radius 3 is 1.83 bits per heavy atom. The summed E-state index contributed by atoms with van der Waals surface area (Å²) in [6, 6.07) is 53.1. The second-order valence-corrected chi connectivity index (χ2v) is 11.8. The maximum absolute atomic E-state index is 6.76. The summed E-state index contributed by atoms with van der Waals surface area (Å²) < 4.78 is 9.10. The molecular weight excluding hydrogens is 562 g/mol. The van der Waals surface area contributed by atoms with Gasteiger partial charge in [-0.25, -0.2) is 4.98 Å². The Bertz CT molecular complexity index is 2790. The van der Waals surface area contributed by atoms with Crippen LogP contribution in [0.1, 0.15) is 0 Å². The number of nitrogens with zero attached hydrogens (tertiary/aromatic N) is 3. The lowest BCUT2D eigenvalue weighted by atomic mass is 9.95. The summed E-state index contributed by atoms with van der Waals surface area (Å²) in [6.45, 7) is 0. The lowest BCUT2D eigenvalue weighted by molar-refractivity contribution is 0.657. The lowest BCUT2D eigenvalue weighted by Gasteiger charge is -2.10. The molecule has 3 aromatic heterocycles. The quantitative estimate of drug-likeness (QED) is 0.193. The highest BCUT2D eigenvalue weighted by atomic mass is 16.3. The van der Waals surface area contributed by atoms with Crippen LogP contribution in [0.2, 0.25) is 0 Å². The van der Waals surface area contributed by atoms with E-state index >= 15 is 0 Å². The molecule has 0 N–H and O–H groups in total. The number of hydrogen-bond acceptors (Lipinski definition) is 3. The van der Waals surface area contributed by atoms with E-state index in [1.807, 2.05) is 18.2 Å². The van der Waals surface area contributed by atoms with Crippen LogP contribution in [-0.4, -0.2) is 14.5 Å². The minimum atomic E-state index is 0.590. The zero-order valence-corrected chi connectivity index (χ0v) is 24.7.